The van der Waals surface area contributed by atoms with Crippen LogP contribution in [0.25, 0.3) is 0 Å². The minimum absolute atomic E-state index is 0.372. The van der Waals surface area contributed by atoms with Gasteiger partial charge < -0.3 is 10.5 Å². The first-order chi connectivity index (χ1) is 8.31. The molecule has 5 heteroatoms. The molecule has 0 aliphatic heterocycles. The molecule has 0 unspecified atom stereocenters. The second-order valence-corrected chi connectivity index (χ2v) is 3.95. The van der Waals surface area contributed by atoms with E-state index < -0.39 is 0 Å². The lowest BCUT2D eigenvalue weighted by atomic mass is 10.2. The first-order valence-electron chi connectivity index (χ1n) is 5.39. The van der Waals surface area contributed by atoms with E-state index in [4.69, 9.17) is 22.1 Å². The number of aromatic nitrogens is 2. The van der Waals surface area contributed by atoms with Crippen LogP contribution in [-0.2, 0) is 13.1 Å². The van der Waals surface area contributed by atoms with Crippen LogP contribution in [0.1, 0.15) is 5.56 Å². The maximum Gasteiger partial charge on any atom is 0.125 e. The van der Waals surface area contributed by atoms with Crippen LogP contribution in [0.3, 0.4) is 0 Å². The van der Waals surface area contributed by atoms with Crippen LogP contribution in [0.5, 0.6) is 5.75 Å². The van der Waals surface area contributed by atoms with Crippen molar-refractivity contribution < 1.29 is 4.74 Å². The molecule has 4 nitrogen and oxygen atoms in total. The molecule has 0 fully saturated rings. The van der Waals surface area contributed by atoms with Crippen LogP contribution >= 0.6 is 11.6 Å². The third-order valence-corrected chi connectivity index (χ3v) is 2.77. The van der Waals surface area contributed by atoms with Crippen LogP contribution in [0.15, 0.2) is 36.7 Å². The molecule has 2 N–H and O–H groups in total. The number of hydrogen-bond acceptors (Lipinski definition) is 3. The van der Waals surface area contributed by atoms with Crippen LogP contribution in [-0.4, -0.2) is 16.4 Å². The SMILES string of the molecule is NCc1c(Cl)cccc1OCCn1cccn1. The number of nitrogens with two attached hydrogens (primary N) is 1. The molecule has 0 spiro atoms. The highest BCUT2D eigenvalue weighted by molar-refractivity contribution is 6.31. The molecule has 1 aromatic heterocycles. The molecule has 1 aromatic carbocycles. The van der Waals surface area contributed by atoms with Gasteiger partial charge in [-0.1, -0.05) is 17.7 Å². The highest BCUT2D eigenvalue weighted by atomic mass is 35.5. The fourth-order valence-corrected chi connectivity index (χ4v) is 1.80. The van der Waals surface area contributed by atoms with Gasteiger partial charge in [-0.2, -0.15) is 5.10 Å². The minimum atomic E-state index is 0.372. The zero-order valence-corrected chi connectivity index (χ0v) is 10.1. The van der Waals surface area contributed by atoms with E-state index >= 15 is 0 Å². The largest absolute Gasteiger partial charge is 0.491 e. The lowest BCUT2D eigenvalue weighted by molar-refractivity contribution is 0.288. The Labute approximate surface area is 105 Å². The highest BCUT2D eigenvalue weighted by Crippen LogP contribution is 2.25. The third kappa shape index (κ3) is 2.99. The molecule has 17 heavy (non-hydrogen) atoms. The Hall–Kier alpha value is -1.52. The van der Waals surface area contributed by atoms with Gasteiger partial charge >= 0.3 is 0 Å². The summed E-state index contributed by atoms with van der Waals surface area (Å²) in [7, 11) is 0. The molecule has 0 saturated carbocycles. The summed E-state index contributed by atoms with van der Waals surface area (Å²) in [6, 6.07) is 7.41. The normalized spacial score (nSPS) is 10.5. The summed E-state index contributed by atoms with van der Waals surface area (Å²) in [5.41, 5.74) is 6.48. The van der Waals surface area contributed by atoms with E-state index in [0.717, 1.165) is 11.3 Å². The van der Waals surface area contributed by atoms with Crippen molar-refractivity contribution in [3.05, 3.63) is 47.2 Å². The predicted molar refractivity (Wildman–Crippen MR) is 67.1 cm³/mol. The van der Waals surface area contributed by atoms with E-state index in [2.05, 4.69) is 5.10 Å². The molecule has 0 radical (unpaired) electrons. The van der Waals surface area contributed by atoms with Crippen molar-refractivity contribution in [1.82, 2.24) is 9.78 Å². The van der Waals surface area contributed by atoms with Crippen LogP contribution in [0.2, 0.25) is 5.02 Å². The molecule has 2 aromatic rings. The summed E-state index contributed by atoms with van der Waals surface area (Å²) in [5.74, 6) is 0.743. The van der Waals surface area contributed by atoms with Crippen LogP contribution < -0.4 is 10.5 Å². The van der Waals surface area contributed by atoms with Gasteiger partial charge in [0.05, 0.1) is 6.54 Å². The molecular weight excluding hydrogens is 238 g/mol. The Bertz CT molecular complexity index is 471. The molecule has 2 rings (SSSR count). The van der Waals surface area contributed by atoms with Crippen LogP contribution in [0.4, 0.5) is 0 Å². The standard InChI is InChI=1S/C12H14ClN3O/c13-11-3-1-4-12(10(11)9-14)17-8-7-16-6-2-5-15-16/h1-6H,7-9,14H2. The van der Waals surface area contributed by atoms with Gasteiger partial charge in [0.15, 0.2) is 0 Å². The molecule has 0 amide bonds. The van der Waals surface area contributed by atoms with E-state index in [1.54, 1.807) is 6.20 Å². The van der Waals surface area contributed by atoms with E-state index in [0.29, 0.717) is 24.7 Å². The van der Waals surface area contributed by atoms with Gasteiger partial charge in [0, 0.05) is 29.5 Å². The smallest absolute Gasteiger partial charge is 0.125 e. The number of nitrogens with zero attached hydrogens (tertiary/aromatic N) is 2. The summed E-state index contributed by atoms with van der Waals surface area (Å²) < 4.78 is 7.47. The van der Waals surface area contributed by atoms with Crippen molar-refractivity contribution in [3.8, 4) is 5.75 Å². The summed E-state index contributed by atoms with van der Waals surface area (Å²) >= 11 is 6.03. The second kappa shape index (κ2) is 5.70. The van der Waals surface area contributed by atoms with Gasteiger partial charge in [-0.05, 0) is 18.2 Å². The maximum absolute atomic E-state index is 6.03. The summed E-state index contributed by atoms with van der Waals surface area (Å²) in [5, 5.41) is 4.74. The zero-order chi connectivity index (χ0) is 12.1. The number of benzene rings is 1. The average Bonchev–Trinajstić information content (AvgIpc) is 2.82. The number of hydrogen-bond donors (Lipinski definition) is 1. The van der Waals surface area contributed by atoms with E-state index in [9.17, 15) is 0 Å². The first kappa shape index (κ1) is 12.0. The van der Waals surface area contributed by atoms with Crippen molar-refractivity contribution in [2.45, 2.75) is 13.1 Å². The zero-order valence-electron chi connectivity index (χ0n) is 9.34. The second-order valence-electron chi connectivity index (χ2n) is 3.54. The lowest BCUT2D eigenvalue weighted by Crippen LogP contribution is -2.10. The monoisotopic (exact) mass is 251 g/mol. The topological polar surface area (TPSA) is 53.1 Å². The quantitative estimate of drug-likeness (QED) is 0.885. The van der Waals surface area contributed by atoms with Crippen molar-refractivity contribution >= 4 is 11.6 Å². The predicted octanol–water partition coefficient (Wildman–Crippen LogP) is 2.07. The minimum Gasteiger partial charge on any atom is -0.491 e. The average molecular weight is 252 g/mol. The molecule has 0 bridgehead atoms. The van der Waals surface area contributed by atoms with E-state index in [-0.39, 0.29) is 0 Å². The molecule has 90 valence electrons. The fraction of sp³-hybridized carbons (Fsp3) is 0.250. The number of rotatable bonds is 5. The first-order valence-corrected chi connectivity index (χ1v) is 5.76. The molecule has 0 aliphatic carbocycles. The van der Waals surface area contributed by atoms with Crippen molar-refractivity contribution in [2.24, 2.45) is 5.73 Å². The van der Waals surface area contributed by atoms with Gasteiger partial charge in [0.25, 0.3) is 0 Å². The molecule has 0 atom stereocenters. The van der Waals surface area contributed by atoms with Crippen molar-refractivity contribution in [3.63, 3.8) is 0 Å². The summed E-state index contributed by atoms with van der Waals surface area (Å²) in [4.78, 5) is 0. The third-order valence-electron chi connectivity index (χ3n) is 2.42. The Morgan fingerprint density at radius 3 is 2.94 bits per heavy atom. The molecule has 0 aliphatic rings. The highest BCUT2D eigenvalue weighted by Gasteiger charge is 2.06. The number of ether oxygens (including phenoxy) is 1. The van der Waals surface area contributed by atoms with Gasteiger partial charge in [-0.25, -0.2) is 0 Å². The van der Waals surface area contributed by atoms with Crippen LogP contribution in [0, 0.1) is 0 Å². The summed E-state index contributed by atoms with van der Waals surface area (Å²) in [6.45, 7) is 1.61. The molecule has 1 heterocycles. The lowest BCUT2D eigenvalue weighted by Gasteiger charge is -2.11. The fourth-order valence-electron chi connectivity index (χ4n) is 1.55. The Morgan fingerprint density at radius 1 is 1.35 bits per heavy atom. The maximum atomic E-state index is 6.03. The number of halogens is 1. The molecular formula is C12H14ClN3O. The van der Waals surface area contributed by atoms with Crippen molar-refractivity contribution in [2.75, 3.05) is 6.61 Å². The Kier molecular flexibility index (Phi) is 4.01. The van der Waals surface area contributed by atoms with Gasteiger partial charge in [0.1, 0.15) is 12.4 Å². The Morgan fingerprint density at radius 2 is 2.24 bits per heavy atom. The summed E-state index contributed by atoms with van der Waals surface area (Å²) in [6.07, 6.45) is 3.63. The van der Waals surface area contributed by atoms with E-state index in [1.165, 1.54) is 0 Å². The van der Waals surface area contributed by atoms with Gasteiger partial charge in [-0.3, -0.25) is 4.68 Å². The van der Waals surface area contributed by atoms with Crippen molar-refractivity contribution in [1.29, 1.82) is 0 Å². The van der Waals surface area contributed by atoms with Gasteiger partial charge in [-0.15, -0.1) is 0 Å². The van der Waals surface area contributed by atoms with Gasteiger partial charge in [0.2, 0.25) is 0 Å². The molecule has 0 saturated heterocycles. The Balaban J connectivity index is 1.97. The van der Waals surface area contributed by atoms with E-state index in [1.807, 2.05) is 35.1 Å².